The zero-order valence-corrected chi connectivity index (χ0v) is 36.4. The number of carbonyl (C=O) groups is 6. The summed E-state index contributed by atoms with van der Waals surface area (Å²) in [5.74, 6) is -3.34. The van der Waals surface area contributed by atoms with Crippen molar-refractivity contribution in [2.24, 2.45) is 0 Å². The largest absolute Gasteiger partial charge is 0.481 e. The van der Waals surface area contributed by atoms with E-state index >= 15 is 0 Å². The molecule has 0 saturated heterocycles. The van der Waals surface area contributed by atoms with Crippen LogP contribution in [0.1, 0.15) is 206 Å². The van der Waals surface area contributed by atoms with Gasteiger partial charge in [0.1, 0.15) is 12.1 Å². The molecule has 6 N–H and O–H groups in total. The molecule has 0 radical (unpaired) electrons. The molecule has 0 aromatic carbocycles. The number of ether oxygens (including phenoxy) is 2. The molecule has 0 unspecified atom stereocenters. The minimum absolute atomic E-state index is 0.0482. The second-order valence-electron chi connectivity index (χ2n) is 15.6. The van der Waals surface area contributed by atoms with Gasteiger partial charge >= 0.3 is 35.9 Å². The number of rotatable bonds is 41. The molecule has 0 fully saturated rings. The summed E-state index contributed by atoms with van der Waals surface area (Å²) in [5, 5.41) is 28.8. The standard InChI is InChI=1S/C44H82N4O10/c1-3-5-7-9-11-13-15-19-23-27-35-57-41(53)37(29-31-39(49)50)47-43(55)45-33-25-21-17-18-22-26-34-46-44(56)48-38(30-32-40(51)52)42(54)58-36-28-24-20-16-14-12-10-8-6-4-2/h37-38H,3-36H2,1-2H3,(H,49,50)(H,51,52)(H2,45,47,55)(H2,46,48,56)/t37-,38-/m0/s1. The number of hydrogen-bond donors (Lipinski definition) is 6. The van der Waals surface area contributed by atoms with Gasteiger partial charge in [-0.25, -0.2) is 19.2 Å². The zero-order valence-electron chi connectivity index (χ0n) is 36.4. The molecular weight excluding hydrogens is 745 g/mol. The van der Waals surface area contributed by atoms with Crippen LogP contribution in [0.3, 0.4) is 0 Å². The summed E-state index contributed by atoms with van der Waals surface area (Å²) in [6, 6.07) is -3.14. The van der Waals surface area contributed by atoms with E-state index in [1.807, 2.05) is 0 Å². The predicted molar refractivity (Wildman–Crippen MR) is 228 cm³/mol. The summed E-state index contributed by atoms with van der Waals surface area (Å²) in [4.78, 5) is 72.4. The predicted octanol–water partition coefficient (Wildman–Crippen LogP) is 9.32. The number of carboxylic acids is 2. The van der Waals surface area contributed by atoms with Gasteiger partial charge in [-0.15, -0.1) is 0 Å². The van der Waals surface area contributed by atoms with Crippen LogP contribution in [0.25, 0.3) is 0 Å². The first-order valence-electron chi connectivity index (χ1n) is 23.0. The molecule has 0 saturated carbocycles. The molecule has 0 aliphatic heterocycles. The van der Waals surface area contributed by atoms with Crippen LogP contribution in [-0.4, -0.2) is 84.5 Å². The first-order chi connectivity index (χ1) is 28.1. The number of carbonyl (C=O) groups excluding carboxylic acids is 4. The fourth-order valence-corrected chi connectivity index (χ4v) is 6.54. The van der Waals surface area contributed by atoms with Gasteiger partial charge in [0.25, 0.3) is 0 Å². The molecule has 0 heterocycles. The van der Waals surface area contributed by atoms with Gasteiger partial charge in [0.15, 0.2) is 0 Å². The zero-order chi connectivity index (χ0) is 42.9. The highest BCUT2D eigenvalue weighted by Gasteiger charge is 2.24. The summed E-state index contributed by atoms with van der Waals surface area (Å²) in [5.41, 5.74) is 0. The Bertz CT molecular complexity index is 995. The number of carboxylic acid groups (broad SMARTS) is 2. The molecule has 0 spiro atoms. The van der Waals surface area contributed by atoms with Crippen LogP contribution in [0.2, 0.25) is 0 Å². The molecule has 14 nitrogen and oxygen atoms in total. The van der Waals surface area contributed by atoms with Crippen LogP contribution < -0.4 is 21.3 Å². The van der Waals surface area contributed by atoms with Crippen molar-refractivity contribution in [1.29, 1.82) is 0 Å². The number of esters is 2. The fraction of sp³-hybridized carbons (Fsp3) is 0.864. The SMILES string of the molecule is CCCCCCCCCCCCOC(=O)[C@H](CCC(=O)O)NC(=O)NCCCCCCCCNC(=O)N[C@@H](CCC(=O)O)C(=O)OCCCCCCCCCCCC. The minimum Gasteiger partial charge on any atom is -0.481 e. The molecule has 0 rings (SSSR count). The molecule has 0 aliphatic rings. The van der Waals surface area contributed by atoms with E-state index in [4.69, 9.17) is 19.7 Å². The third kappa shape index (κ3) is 36.7. The van der Waals surface area contributed by atoms with E-state index in [9.17, 15) is 28.8 Å². The Morgan fingerprint density at radius 3 is 0.983 bits per heavy atom. The maximum Gasteiger partial charge on any atom is 0.328 e. The molecule has 14 heteroatoms. The fourth-order valence-electron chi connectivity index (χ4n) is 6.54. The Kier molecular flexibility index (Phi) is 37.7. The second-order valence-corrected chi connectivity index (χ2v) is 15.6. The van der Waals surface area contributed by atoms with Crippen molar-refractivity contribution >= 4 is 35.9 Å². The lowest BCUT2D eigenvalue weighted by Crippen LogP contribution is -2.47. The lowest BCUT2D eigenvalue weighted by molar-refractivity contribution is -0.148. The Morgan fingerprint density at radius 2 is 0.690 bits per heavy atom. The van der Waals surface area contributed by atoms with Gasteiger partial charge in [-0.3, -0.25) is 9.59 Å². The molecule has 0 aromatic rings. The lowest BCUT2D eigenvalue weighted by Gasteiger charge is -2.17. The maximum atomic E-state index is 12.6. The van der Waals surface area contributed by atoms with Gasteiger partial charge in [0.2, 0.25) is 0 Å². The van der Waals surface area contributed by atoms with Crippen LogP contribution in [0.4, 0.5) is 9.59 Å². The maximum absolute atomic E-state index is 12.6. The van der Waals surface area contributed by atoms with E-state index in [1.165, 1.54) is 89.9 Å². The van der Waals surface area contributed by atoms with Gasteiger partial charge in [-0.1, -0.05) is 155 Å². The van der Waals surface area contributed by atoms with Crippen molar-refractivity contribution in [3.8, 4) is 0 Å². The Balaban J connectivity index is 4.16. The van der Waals surface area contributed by atoms with E-state index in [2.05, 4.69) is 35.1 Å². The topological polar surface area (TPSA) is 209 Å². The van der Waals surface area contributed by atoms with Gasteiger partial charge in [0, 0.05) is 25.9 Å². The van der Waals surface area contributed by atoms with E-state index < -0.39 is 48.0 Å². The highest BCUT2D eigenvalue weighted by atomic mass is 16.5. The summed E-state index contributed by atoms with van der Waals surface area (Å²) in [7, 11) is 0. The van der Waals surface area contributed by atoms with Crippen LogP contribution in [0.5, 0.6) is 0 Å². The lowest BCUT2D eigenvalue weighted by atomic mass is 10.1. The summed E-state index contributed by atoms with van der Waals surface area (Å²) >= 11 is 0. The van der Waals surface area contributed by atoms with Crippen molar-refractivity contribution < 1.29 is 48.5 Å². The first-order valence-corrected chi connectivity index (χ1v) is 23.0. The third-order valence-electron chi connectivity index (χ3n) is 10.1. The molecule has 0 aliphatic carbocycles. The first kappa shape index (κ1) is 54.4. The van der Waals surface area contributed by atoms with Gasteiger partial charge < -0.3 is 41.0 Å². The average Bonchev–Trinajstić information content (AvgIpc) is 3.19. The van der Waals surface area contributed by atoms with Crippen LogP contribution in [0.15, 0.2) is 0 Å². The van der Waals surface area contributed by atoms with E-state index in [0.717, 1.165) is 77.0 Å². The van der Waals surface area contributed by atoms with Crippen molar-refractivity contribution in [1.82, 2.24) is 21.3 Å². The summed E-state index contributed by atoms with van der Waals surface area (Å²) in [6.45, 7) is 5.72. The molecule has 0 aromatic heterocycles. The Hall–Kier alpha value is -3.58. The smallest absolute Gasteiger partial charge is 0.328 e. The highest BCUT2D eigenvalue weighted by Crippen LogP contribution is 2.13. The molecule has 338 valence electrons. The highest BCUT2D eigenvalue weighted by molar-refractivity contribution is 5.84. The van der Waals surface area contributed by atoms with Gasteiger partial charge in [-0.2, -0.15) is 0 Å². The second kappa shape index (κ2) is 40.2. The van der Waals surface area contributed by atoms with Gasteiger partial charge in [-0.05, 0) is 38.5 Å². The van der Waals surface area contributed by atoms with Crippen molar-refractivity contribution in [2.75, 3.05) is 26.3 Å². The quantitative estimate of drug-likeness (QED) is 0.0254. The van der Waals surface area contributed by atoms with Crippen molar-refractivity contribution in [3.05, 3.63) is 0 Å². The van der Waals surface area contributed by atoms with Crippen LogP contribution in [0, 0.1) is 0 Å². The summed E-state index contributed by atoms with van der Waals surface area (Å²) in [6.07, 6.45) is 27.6. The molecular formula is C44H82N4O10. The number of aliphatic carboxylic acids is 2. The Morgan fingerprint density at radius 1 is 0.414 bits per heavy atom. The monoisotopic (exact) mass is 827 g/mol. The van der Waals surface area contributed by atoms with Gasteiger partial charge in [0.05, 0.1) is 13.2 Å². The Labute approximate surface area is 349 Å². The number of unbranched alkanes of at least 4 members (excludes halogenated alkanes) is 23. The normalized spacial score (nSPS) is 12.0. The molecule has 4 amide bonds. The number of nitrogens with one attached hydrogen (secondary N) is 4. The van der Waals surface area contributed by atoms with Crippen molar-refractivity contribution in [2.45, 2.75) is 219 Å². The minimum atomic E-state index is -1.05. The molecule has 58 heavy (non-hydrogen) atoms. The molecule has 0 bridgehead atoms. The van der Waals surface area contributed by atoms with E-state index in [0.29, 0.717) is 13.1 Å². The summed E-state index contributed by atoms with van der Waals surface area (Å²) < 4.78 is 10.7. The number of amides is 4. The van der Waals surface area contributed by atoms with Crippen LogP contribution >= 0.6 is 0 Å². The number of urea groups is 2. The number of hydrogen-bond acceptors (Lipinski definition) is 8. The third-order valence-corrected chi connectivity index (χ3v) is 10.1. The molecule has 2 atom stereocenters. The van der Waals surface area contributed by atoms with E-state index in [-0.39, 0.29) is 38.9 Å². The van der Waals surface area contributed by atoms with E-state index in [1.54, 1.807) is 0 Å². The van der Waals surface area contributed by atoms with Crippen LogP contribution in [-0.2, 0) is 28.7 Å². The average molecular weight is 827 g/mol. The van der Waals surface area contributed by atoms with Crippen molar-refractivity contribution in [3.63, 3.8) is 0 Å².